The molecule has 10 nitrogen and oxygen atoms in total. The number of aryl methyl sites for hydroxylation is 1. The third-order valence-electron chi connectivity index (χ3n) is 7.09. The zero-order valence-electron chi connectivity index (χ0n) is 21.9. The number of aromatic nitrogens is 3. The Kier molecular flexibility index (Phi) is 8.85. The maximum Gasteiger partial charge on any atom is 0.471 e. The lowest BCUT2D eigenvalue weighted by atomic mass is 10.0. The Balaban J connectivity index is 0.000000194. The van der Waals surface area contributed by atoms with Crippen LogP contribution in [0.1, 0.15) is 50.4 Å². The molecule has 1 saturated heterocycles. The molecule has 2 N–H and O–H groups in total. The molecule has 3 heterocycles. The van der Waals surface area contributed by atoms with Crippen molar-refractivity contribution in [1.82, 2.24) is 30.3 Å². The van der Waals surface area contributed by atoms with Crippen LogP contribution in [0.25, 0.3) is 10.9 Å². The average Bonchev–Trinajstić information content (AvgIpc) is 3.76. The van der Waals surface area contributed by atoms with Gasteiger partial charge in [-0.2, -0.15) is 23.5 Å². The maximum atomic E-state index is 11.9. The van der Waals surface area contributed by atoms with Crippen LogP contribution in [-0.2, 0) is 21.4 Å². The number of pyridine rings is 1. The Bertz CT molecular complexity index is 1300. The van der Waals surface area contributed by atoms with Crippen LogP contribution in [-0.4, -0.2) is 63.7 Å². The van der Waals surface area contributed by atoms with Gasteiger partial charge in [0.2, 0.25) is 12.3 Å². The van der Waals surface area contributed by atoms with E-state index in [4.69, 9.17) is 11.7 Å². The van der Waals surface area contributed by atoms with Crippen LogP contribution in [0.4, 0.5) is 13.2 Å². The first-order valence-corrected chi connectivity index (χ1v) is 12.4. The molecule has 3 aliphatic rings. The van der Waals surface area contributed by atoms with Gasteiger partial charge in [-0.3, -0.25) is 24.0 Å². The number of piperidine rings is 1. The van der Waals surface area contributed by atoms with Crippen molar-refractivity contribution in [3.63, 3.8) is 0 Å². The molecule has 2 aliphatic carbocycles. The highest BCUT2D eigenvalue weighted by Gasteiger charge is 2.62. The van der Waals surface area contributed by atoms with Crippen molar-refractivity contribution in [2.45, 2.75) is 45.3 Å². The average molecular weight is 546 g/mol. The number of rotatable bonds is 5. The second kappa shape index (κ2) is 11.7. The first kappa shape index (κ1) is 29.4. The first-order chi connectivity index (χ1) is 18.4. The van der Waals surface area contributed by atoms with Crippen LogP contribution in [0.5, 0.6) is 0 Å². The Morgan fingerprint density at radius 3 is 2.36 bits per heavy atom. The van der Waals surface area contributed by atoms with Crippen molar-refractivity contribution >= 4 is 29.1 Å². The lowest BCUT2D eigenvalue weighted by Crippen LogP contribution is -2.44. The number of nitrogens with zero attached hydrogens (tertiary/aromatic N) is 5. The molecular formula is C26H30F3N7O3. The van der Waals surface area contributed by atoms with E-state index in [1.165, 1.54) is 30.4 Å². The molecule has 5 rings (SSSR count). The molecule has 2 saturated carbocycles. The fraction of sp³-hybridized carbons (Fsp3) is 0.538. The van der Waals surface area contributed by atoms with Gasteiger partial charge in [0.25, 0.3) is 0 Å². The number of amides is 3. The lowest BCUT2D eigenvalue weighted by Gasteiger charge is -2.22. The molecule has 0 aromatic carbocycles. The molecule has 208 valence electrons. The van der Waals surface area contributed by atoms with Crippen molar-refractivity contribution in [3.05, 3.63) is 23.7 Å². The summed E-state index contributed by atoms with van der Waals surface area (Å²) in [5.74, 6) is 0.838. The van der Waals surface area contributed by atoms with Crippen LogP contribution in [0.2, 0.25) is 0 Å². The van der Waals surface area contributed by atoms with Gasteiger partial charge < -0.3 is 15.5 Å². The van der Waals surface area contributed by atoms with Crippen molar-refractivity contribution < 1.29 is 27.6 Å². The minimum atomic E-state index is -4.94. The monoisotopic (exact) mass is 545 g/mol. The number of fused-ring (bicyclic) bond motifs is 2. The second-order valence-corrected chi connectivity index (χ2v) is 10.2. The van der Waals surface area contributed by atoms with E-state index in [1.807, 2.05) is 6.07 Å². The molecule has 3 atom stereocenters. The van der Waals surface area contributed by atoms with Crippen LogP contribution in [0.15, 0.2) is 12.4 Å². The summed E-state index contributed by atoms with van der Waals surface area (Å²) in [5, 5.41) is 17.9. The summed E-state index contributed by atoms with van der Waals surface area (Å²) in [7, 11) is 1.74. The number of alkyl halides is 3. The normalized spacial score (nSPS) is 20.5. The number of nitrogens with one attached hydrogen (secondary N) is 2. The first-order valence-electron chi connectivity index (χ1n) is 12.4. The summed E-state index contributed by atoms with van der Waals surface area (Å²) in [6, 6.07) is 1.19. The summed E-state index contributed by atoms with van der Waals surface area (Å²) in [5.41, 5.74) is 1.93. The van der Waals surface area contributed by atoms with Gasteiger partial charge in [0, 0.05) is 37.3 Å². The van der Waals surface area contributed by atoms with E-state index in [2.05, 4.69) is 35.2 Å². The Hall–Kier alpha value is -4.13. The molecule has 39 heavy (non-hydrogen) atoms. The molecule has 2 unspecified atom stereocenters. The third kappa shape index (κ3) is 6.85. The largest absolute Gasteiger partial charge is 0.471 e. The molecule has 13 heteroatoms. The van der Waals surface area contributed by atoms with E-state index >= 15 is 0 Å². The highest BCUT2D eigenvalue weighted by atomic mass is 19.4. The van der Waals surface area contributed by atoms with Gasteiger partial charge in [-0.25, -0.2) is 0 Å². The van der Waals surface area contributed by atoms with Crippen molar-refractivity contribution in [1.29, 1.82) is 5.26 Å². The van der Waals surface area contributed by atoms with Gasteiger partial charge >= 0.3 is 12.1 Å². The molecule has 0 bridgehead atoms. The van der Waals surface area contributed by atoms with E-state index in [-0.39, 0.29) is 5.41 Å². The fourth-order valence-corrected chi connectivity index (χ4v) is 4.51. The smallest absolute Gasteiger partial charge is 0.341 e. The topological polar surface area (TPSA) is 133 Å². The SMILES string of the molecule is C#Cc1nn(C)c2cncc(C(C#N)NC=O)c12.C1CC1.CC1(C)C2CN(C(=O)CNC(=O)C(F)(F)F)C[C@H]21. The fourth-order valence-electron chi connectivity index (χ4n) is 4.51. The Morgan fingerprint density at radius 1 is 1.26 bits per heavy atom. The van der Waals surface area contributed by atoms with Gasteiger partial charge in [-0.1, -0.05) is 33.1 Å². The number of hydrogen-bond acceptors (Lipinski definition) is 6. The van der Waals surface area contributed by atoms with Crippen LogP contribution < -0.4 is 10.6 Å². The van der Waals surface area contributed by atoms with Gasteiger partial charge in [-0.05, 0) is 23.2 Å². The van der Waals surface area contributed by atoms with Crippen molar-refractivity contribution in [2.24, 2.45) is 24.3 Å². The predicted molar refractivity (Wildman–Crippen MR) is 134 cm³/mol. The lowest BCUT2D eigenvalue weighted by molar-refractivity contribution is -0.174. The Labute approximate surface area is 223 Å². The van der Waals surface area contributed by atoms with E-state index < -0.39 is 30.6 Å². The summed E-state index contributed by atoms with van der Waals surface area (Å²) < 4.78 is 37.3. The van der Waals surface area contributed by atoms with Gasteiger partial charge in [-0.15, -0.1) is 6.42 Å². The summed E-state index contributed by atoms with van der Waals surface area (Å²) >= 11 is 0. The number of nitriles is 1. The van der Waals surface area contributed by atoms with Crippen LogP contribution >= 0.6 is 0 Å². The zero-order chi connectivity index (χ0) is 29.0. The number of likely N-dealkylation sites (tertiary alicyclic amines) is 1. The zero-order valence-corrected chi connectivity index (χ0v) is 21.9. The molecule has 3 fully saturated rings. The highest BCUT2D eigenvalue weighted by molar-refractivity contribution is 5.88. The molecule has 2 aromatic rings. The second-order valence-electron chi connectivity index (χ2n) is 10.2. The molecule has 3 amide bonds. The molecular weight excluding hydrogens is 515 g/mol. The third-order valence-corrected chi connectivity index (χ3v) is 7.09. The number of terminal acetylenes is 1. The number of carbonyl (C=O) groups is 3. The standard InChI is InChI=1S/C12H9N5O.C11H15F3N2O2.C3H6/c1-3-9-12-8(10(4-13)15-7-18)5-14-6-11(12)17(2)16-9;1-10(2)6-4-16(5-7(6)10)8(17)3-15-9(18)11(12,13)14;1-2-3-1/h1,5-7,10H,2H3,(H,15,18);6-7H,3-5H2,1-2H3,(H,15,18);1-3H2/t;6-,7?;/m.1./s1. The number of carbonyl (C=O) groups excluding carboxylic acids is 3. The van der Waals surface area contributed by atoms with E-state index in [1.54, 1.807) is 23.2 Å². The van der Waals surface area contributed by atoms with Crippen LogP contribution in [0.3, 0.4) is 0 Å². The van der Waals surface area contributed by atoms with Gasteiger partial charge in [0.15, 0.2) is 0 Å². The summed E-state index contributed by atoms with van der Waals surface area (Å²) in [4.78, 5) is 38.2. The van der Waals surface area contributed by atoms with E-state index in [0.717, 1.165) is 0 Å². The number of halogens is 3. The quantitative estimate of drug-likeness (QED) is 0.437. The molecule has 2 aromatic heterocycles. The molecule has 0 radical (unpaired) electrons. The maximum absolute atomic E-state index is 11.9. The minimum absolute atomic E-state index is 0.242. The van der Waals surface area contributed by atoms with Crippen molar-refractivity contribution in [3.8, 4) is 18.4 Å². The van der Waals surface area contributed by atoms with Crippen LogP contribution in [0, 0.1) is 40.9 Å². The van der Waals surface area contributed by atoms with E-state index in [9.17, 15) is 27.6 Å². The Morgan fingerprint density at radius 2 is 1.87 bits per heavy atom. The van der Waals surface area contributed by atoms with Crippen molar-refractivity contribution in [2.75, 3.05) is 19.6 Å². The molecule has 1 aliphatic heterocycles. The highest BCUT2D eigenvalue weighted by Crippen LogP contribution is 2.61. The summed E-state index contributed by atoms with van der Waals surface area (Å²) in [6.45, 7) is 4.82. The minimum Gasteiger partial charge on any atom is -0.341 e. The predicted octanol–water partition coefficient (Wildman–Crippen LogP) is 2.21. The molecule has 0 spiro atoms. The van der Waals surface area contributed by atoms with E-state index in [0.29, 0.717) is 53.5 Å². The number of hydrogen-bond donors (Lipinski definition) is 2. The van der Waals surface area contributed by atoms with Gasteiger partial charge in [0.1, 0.15) is 11.7 Å². The summed E-state index contributed by atoms with van der Waals surface area (Å²) in [6.07, 6.45) is 8.55. The van der Waals surface area contributed by atoms with Gasteiger partial charge in [0.05, 0.1) is 24.3 Å².